The number of carbonyl (C=O) groups is 1. The van der Waals surface area contributed by atoms with Gasteiger partial charge in [-0.2, -0.15) is 0 Å². The first-order chi connectivity index (χ1) is 11.2. The van der Waals surface area contributed by atoms with Crippen molar-refractivity contribution in [3.05, 3.63) is 35.4 Å². The predicted molar refractivity (Wildman–Crippen MR) is 95.2 cm³/mol. The highest BCUT2D eigenvalue weighted by Crippen LogP contribution is 2.19. The SMILES string of the molecule is CNCCCC(=O)NCc1ccc(CN2CCCCC2C)cc1. The molecule has 2 rings (SSSR count). The number of benzene rings is 1. The molecule has 0 spiro atoms. The molecule has 1 aromatic carbocycles. The summed E-state index contributed by atoms with van der Waals surface area (Å²) >= 11 is 0. The molecule has 1 unspecified atom stereocenters. The van der Waals surface area contributed by atoms with Gasteiger partial charge < -0.3 is 10.6 Å². The Morgan fingerprint density at radius 1 is 1.22 bits per heavy atom. The maximum absolute atomic E-state index is 11.7. The lowest BCUT2D eigenvalue weighted by atomic mass is 10.0. The van der Waals surface area contributed by atoms with Crippen molar-refractivity contribution in [1.29, 1.82) is 0 Å². The van der Waals surface area contributed by atoms with Crippen molar-refractivity contribution < 1.29 is 4.79 Å². The topological polar surface area (TPSA) is 44.4 Å². The van der Waals surface area contributed by atoms with E-state index in [1.54, 1.807) is 0 Å². The van der Waals surface area contributed by atoms with Gasteiger partial charge in [0.25, 0.3) is 0 Å². The van der Waals surface area contributed by atoms with E-state index in [2.05, 4.69) is 46.7 Å². The molecule has 1 atom stereocenters. The minimum absolute atomic E-state index is 0.131. The Bertz CT molecular complexity index is 472. The highest BCUT2D eigenvalue weighted by atomic mass is 16.1. The molecule has 1 heterocycles. The summed E-state index contributed by atoms with van der Waals surface area (Å²) in [6.45, 7) is 6.09. The van der Waals surface area contributed by atoms with Gasteiger partial charge in [-0.3, -0.25) is 9.69 Å². The van der Waals surface area contributed by atoms with Crippen LogP contribution in [0.3, 0.4) is 0 Å². The molecule has 128 valence electrons. The average Bonchev–Trinajstić information content (AvgIpc) is 2.56. The average molecular weight is 317 g/mol. The van der Waals surface area contributed by atoms with E-state index < -0.39 is 0 Å². The molecule has 0 saturated carbocycles. The zero-order valence-electron chi connectivity index (χ0n) is 14.6. The van der Waals surface area contributed by atoms with E-state index in [-0.39, 0.29) is 5.91 Å². The first-order valence-corrected chi connectivity index (χ1v) is 8.92. The van der Waals surface area contributed by atoms with E-state index in [4.69, 9.17) is 0 Å². The van der Waals surface area contributed by atoms with Crippen molar-refractivity contribution in [1.82, 2.24) is 15.5 Å². The van der Waals surface area contributed by atoms with Crippen LogP contribution in [-0.2, 0) is 17.9 Å². The van der Waals surface area contributed by atoms with Crippen LogP contribution in [0.2, 0.25) is 0 Å². The van der Waals surface area contributed by atoms with Crippen LogP contribution in [-0.4, -0.2) is 37.0 Å². The Kier molecular flexibility index (Phi) is 7.56. The number of hydrogen-bond donors (Lipinski definition) is 2. The molecule has 1 aliphatic rings. The lowest BCUT2D eigenvalue weighted by molar-refractivity contribution is -0.121. The highest BCUT2D eigenvalue weighted by molar-refractivity contribution is 5.75. The van der Waals surface area contributed by atoms with Crippen molar-refractivity contribution in [3.8, 4) is 0 Å². The highest BCUT2D eigenvalue weighted by Gasteiger charge is 2.17. The standard InChI is InChI=1S/C19H31N3O/c1-16-6-3-4-13-22(16)15-18-10-8-17(9-11-18)14-21-19(23)7-5-12-20-2/h8-11,16,20H,3-7,12-15H2,1-2H3,(H,21,23). The monoisotopic (exact) mass is 317 g/mol. The number of amides is 1. The fourth-order valence-electron chi connectivity index (χ4n) is 3.10. The van der Waals surface area contributed by atoms with Gasteiger partial charge in [0.2, 0.25) is 5.91 Å². The second-order valence-electron chi connectivity index (χ2n) is 6.62. The van der Waals surface area contributed by atoms with Gasteiger partial charge in [-0.15, -0.1) is 0 Å². The number of likely N-dealkylation sites (tertiary alicyclic amines) is 1. The number of piperidine rings is 1. The van der Waals surface area contributed by atoms with Crippen LogP contribution in [0.1, 0.15) is 50.2 Å². The molecule has 1 aliphatic heterocycles. The number of carbonyl (C=O) groups excluding carboxylic acids is 1. The first kappa shape index (κ1) is 18.0. The summed E-state index contributed by atoms with van der Waals surface area (Å²) in [4.78, 5) is 14.3. The molecule has 1 aromatic rings. The van der Waals surface area contributed by atoms with Crippen molar-refractivity contribution in [2.75, 3.05) is 20.1 Å². The van der Waals surface area contributed by atoms with Crippen LogP contribution in [0, 0.1) is 0 Å². The Hall–Kier alpha value is -1.39. The van der Waals surface area contributed by atoms with Crippen LogP contribution in [0.5, 0.6) is 0 Å². The van der Waals surface area contributed by atoms with Gasteiger partial charge in [-0.1, -0.05) is 30.7 Å². The molecular formula is C19H31N3O. The summed E-state index contributed by atoms with van der Waals surface area (Å²) in [5.41, 5.74) is 2.53. The number of nitrogens with one attached hydrogen (secondary N) is 2. The lowest BCUT2D eigenvalue weighted by Crippen LogP contribution is -2.36. The minimum Gasteiger partial charge on any atom is -0.352 e. The number of rotatable bonds is 8. The zero-order chi connectivity index (χ0) is 16.5. The Labute approximate surface area is 140 Å². The largest absolute Gasteiger partial charge is 0.352 e. The molecule has 1 fully saturated rings. The normalized spacial score (nSPS) is 18.8. The molecule has 2 N–H and O–H groups in total. The summed E-state index contributed by atoms with van der Waals surface area (Å²) in [5, 5.41) is 6.04. The maximum Gasteiger partial charge on any atom is 0.220 e. The van der Waals surface area contributed by atoms with Gasteiger partial charge in [0, 0.05) is 25.6 Å². The van der Waals surface area contributed by atoms with Gasteiger partial charge in [-0.05, 0) is 57.5 Å². The Balaban J connectivity index is 1.74. The Morgan fingerprint density at radius 2 is 1.96 bits per heavy atom. The summed E-state index contributed by atoms with van der Waals surface area (Å²) in [5.74, 6) is 0.131. The predicted octanol–water partition coefficient (Wildman–Crippen LogP) is 2.68. The van der Waals surface area contributed by atoms with E-state index in [0.29, 0.717) is 19.0 Å². The summed E-state index contributed by atoms with van der Waals surface area (Å²) in [7, 11) is 1.91. The minimum atomic E-state index is 0.131. The van der Waals surface area contributed by atoms with E-state index in [0.717, 1.165) is 19.5 Å². The van der Waals surface area contributed by atoms with Gasteiger partial charge in [0.05, 0.1) is 0 Å². The zero-order valence-corrected chi connectivity index (χ0v) is 14.6. The van der Waals surface area contributed by atoms with Crippen molar-refractivity contribution in [3.63, 3.8) is 0 Å². The first-order valence-electron chi connectivity index (χ1n) is 8.92. The van der Waals surface area contributed by atoms with E-state index >= 15 is 0 Å². The van der Waals surface area contributed by atoms with Crippen molar-refractivity contribution in [2.45, 2.75) is 58.2 Å². The number of hydrogen-bond acceptors (Lipinski definition) is 3. The van der Waals surface area contributed by atoms with Crippen LogP contribution in [0.25, 0.3) is 0 Å². The summed E-state index contributed by atoms with van der Waals surface area (Å²) in [6.07, 6.45) is 5.48. The van der Waals surface area contributed by atoms with Crippen LogP contribution in [0.15, 0.2) is 24.3 Å². The molecule has 0 bridgehead atoms. The van der Waals surface area contributed by atoms with Gasteiger partial charge in [0.1, 0.15) is 0 Å². The van der Waals surface area contributed by atoms with Gasteiger partial charge in [0.15, 0.2) is 0 Å². The molecule has 0 radical (unpaired) electrons. The van der Waals surface area contributed by atoms with E-state index in [9.17, 15) is 4.79 Å². The molecule has 23 heavy (non-hydrogen) atoms. The summed E-state index contributed by atoms with van der Waals surface area (Å²) < 4.78 is 0. The molecule has 4 nitrogen and oxygen atoms in total. The molecular weight excluding hydrogens is 286 g/mol. The molecule has 1 saturated heterocycles. The van der Waals surface area contributed by atoms with Gasteiger partial charge >= 0.3 is 0 Å². The van der Waals surface area contributed by atoms with Gasteiger partial charge in [-0.25, -0.2) is 0 Å². The Morgan fingerprint density at radius 3 is 2.65 bits per heavy atom. The van der Waals surface area contributed by atoms with E-state index in [1.807, 2.05) is 7.05 Å². The van der Waals surface area contributed by atoms with Crippen molar-refractivity contribution >= 4 is 5.91 Å². The third-order valence-electron chi connectivity index (χ3n) is 4.67. The quantitative estimate of drug-likeness (QED) is 0.725. The third kappa shape index (κ3) is 6.32. The fraction of sp³-hybridized carbons (Fsp3) is 0.632. The van der Waals surface area contributed by atoms with Crippen molar-refractivity contribution in [2.24, 2.45) is 0 Å². The molecule has 0 aromatic heterocycles. The smallest absolute Gasteiger partial charge is 0.220 e. The van der Waals surface area contributed by atoms with Crippen LogP contribution >= 0.6 is 0 Å². The molecule has 1 amide bonds. The third-order valence-corrected chi connectivity index (χ3v) is 4.67. The van der Waals surface area contributed by atoms with Crippen LogP contribution < -0.4 is 10.6 Å². The maximum atomic E-state index is 11.7. The van der Waals surface area contributed by atoms with E-state index in [1.165, 1.54) is 36.9 Å². The van der Waals surface area contributed by atoms with Crippen LogP contribution in [0.4, 0.5) is 0 Å². The second-order valence-corrected chi connectivity index (χ2v) is 6.62. The molecule has 0 aliphatic carbocycles. The molecule has 4 heteroatoms. The summed E-state index contributed by atoms with van der Waals surface area (Å²) in [6, 6.07) is 9.36. The fourth-order valence-corrected chi connectivity index (χ4v) is 3.10. The number of nitrogens with zero attached hydrogens (tertiary/aromatic N) is 1. The lowest BCUT2D eigenvalue weighted by Gasteiger charge is -2.33. The second kappa shape index (κ2) is 9.68.